The minimum Gasteiger partial charge on any atom is -0.268 e. The number of nitrogens with zero attached hydrogens (tertiary/aromatic N) is 1. The molecule has 0 saturated carbocycles. The quantitative estimate of drug-likeness (QED) is 0.545. The normalized spacial score (nSPS) is 8.92. The molecule has 0 aliphatic carbocycles. The first-order valence-corrected chi connectivity index (χ1v) is 4.07. The molecule has 13 heavy (non-hydrogen) atoms. The first-order chi connectivity index (χ1) is 6.29. The van der Waals surface area contributed by atoms with Gasteiger partial charge in [0.25, 0.3) is 5.91 Å². The molecule has 1 aromatic rings. The third-order valence-electron chi connectivity index (χ3n) is 1.81. The number of rotatable bonds is 2. The standard InChI is InChI=1S/C10H10N2O/c1-2-8-5-3-4-6-9(8)10(13)12-7-11/h3-6H,2H2,1H3,(H,12,13). The fourth-order valence-corrected chi connectivity index (χ4v) is 1.17. The van der Waals surface area contributed by atoms with Crippen LogP contribution < -0.4 is 5.32 Å². The maximum absolute atomic E-state index is 11.3. The van der Waals surface area contributed by atoms with Crippen molar-refractivity contribution in [3.05, 3.63) is 35.4 Å². The topological polar surface area (TPSA) is 52.9 Å². The zero-order valence-electron chi connectivity index (χ0n) is 7.37. The van der Waals surface area contributed by atoms with Crippen molar-refractivity contribution in [1.29, 1.82) is 5.26 Å². The van der Waals surface area contributed by atoms with Gasteiger partial charge in [0.15, 0.2) is 6.19 Å². The van der Waals surface area contributed by atoms with Gasteiger partial charge in [-0.1, -0.05) is 25.1 Å². The molecule has 0 bridgehead atoms. The minimum atomic E-state index is -0.333. The minimum absolute atomic E-state index is 0.333. The predicted octanol–water partition coefficient (Wildman–Crippen LogP) is 1.46. The van der Waals surface area contributed by atoms with Crippen LogP contribution in [0, 0.1) is 11.5 Å². The molecular weight excluding hydrogens is 164 g/mol. The molecule has 0 aromatic heterocycles. The Morgan fingerprint density at radius 2 is 2.23 bits per heavy atom. The number of nitriles is 1. The first-order valence-electron chi connectivity index (χ1n) is 4.07. The lowest BCUT2D eigenvalue weighted by Crippen LogP contribution is -2.18. The molecule has 3 nitrogen and oxygen atoms in total. The van der Waals surface area contributed by atoms with Gasteiger partial charge in [-0.15, -0.1) is 0 Å². The van der Waals surface area contributed by atoms with E-state index in [4.69, 9.17) is 5.26 Å². The molecule has 0 unspecified atom stereocenters. The van der Waals surface area contributed by atoms with Crippen LogP contribution in [0.3, 0.4) is 0 Å². The van der Waals surface area contributed by atoms with Crippen LogP contribution >= 0.6 is 0 Å². The molecule has 0 radical (unpaired) electrons. The summed E-state index contributed by atoms with van der Waals surface area (Å²) in [6, 6.07) is 7.26. The summed E-state index contributed by atoms with van der Waals surface area (Å²) in [6.07, 6.45) is 2.40. The maximum Gasteiger partial charge on any atom is 0.264 e. The number of nitrogens with one attached hydrogen (secondary N) is 1. The van der Waals surface area contributed by atoms with Crippen molar-refractivity contribution in [2.45, 2.75) is 13.3 Å². The van der Waals surface area contributed by atoms with Crippen LogP contribution in [0.25, 0.3) is 0 Å². The molecule has 1 rings (SSSR count). The second-order valence-electron chi connectivity index (χ2n) is 2.58. The number of carbonyl (C=O) groups excluding carboxylic acids is 1. The van der Waals surface area contributed by atoms with E-state index >= 15 is 0 Å². The highest BCUT2D eigenvalue weighted by molar-refractivity contribution is 5.96. The van der Waals surface area contributed by atoms with Gasteiger partial charge < -0.3 is 0 Å². The Balaban J connectivity index is 3.00. The van der Waals surface area contributed by atoms with Crippen LogP contribution in [0.1, 0.15) is 22.8 Å². The van der Waals surface area contributed by atoms with E-state index in [9.17, 15) is 4.79 Å². The summed E-state index contributed by atoms with van der Waals surface area (Å²) in [7, 11) is 0. The Kier molecular flexibility index (Phi) is 3.04. The van der Waals surface area contributed by atoms with Crippen LogP contribution in [-0.2, 0) is 6.42 Å². The summed E-state index contributed by atoms with van der Waals surface area (Å²) in [4.78, 5) is 11.3. The molecule has 0 aliphatic rings. The maximum atomic E-state index is 11.3. The van der Waals surface area contributed by atoms with Crippen LogP contribution in [0.4, 0.5) is 0 Å². The first kappa shape index (κ1) is 9.27. The van der Waals surface area contributed by atoms with E-state index in [1.807, 2.05) is 19.1 Å². The number of carbonyl (C=O) groups is 1. The van der Waals surface area contributed by atoms with E-state index in [2.05, 4.69) is 5.32 Å². The van der Waals surface area contributed by atoms with Crippen molar-refractivity contribution in [3.8, 4) is 6.19 Å². The third kappa shape index (κ3) is 2.06. The van der Waals surface area contributed by atoms with Gasteiger partial charge in [0.2, 0.25) is 0 Å². The lowest BCUT2D eigenvalue weighted by atomic mass is 10.1. The zero-order chi connectivity index (χ0) is 9.68. The second-order valence-corrected chi connectivity index (χ2v) is 2.58. The molecule has 0 heterocycles. The van der Waals surface area contributed by atoms with E-state index in [0.29, 0.717) is 5.56 Å². The van der Waals surface area contributed by atoms with Gasteiger partial charge in [-0.2, -0.15) is 5.26 Å². The number of benzene rings is 1. The van der Waals surface area contributed by atoms with Crippen molar-refractivity contribution < 1.29 is 4.79 Å². The van der Waals surface area contributed by atoms with Crippen molar-refractivity contribution in [2.75, 3.05) is 0 Å². The summed E-state index contributed by atoms with van der Waals surface area (Å²) in [5.74, 6) is -0.333. The molecule has 1 aromatic carbocycles. The number of aryl methyl sites for hydroxylation is 1. The summed E-state index contributed by atoms with van der Waals surface area (Å²) in [5.41, 5.74) is 1.53. The Morgan fingerprint density at radius 3 is 2.85 bits per heavy atom. The Morgan fingerprint density at radius 1 is 1.54 bits per heavy atom. The summed E-state index contributed by atoms with van der Waals surface area (Å²) < 4.78 is 0. The van der Waals surface area contributed by atoms with Crippen molar-refractivity contribution in [1.82, 2.24) is 5.32 Å². The molecule has 1 amide bonds. The summed E-state index contributed by atoms with van der Waals surface area (Å²) in [5, 5.41) is 10.4. The third-order valence-corrected chi connectivity index (χ3v) is 1.81. The summed E-state index contributed by atoms with van der Waals surface area (Å²) in [6.45, 7) is 1.97. The van der Waals surface area contributed by atoms with Crippen molar-refractivity contribution in [3.63, 3.8) is 0 Å². The molecule has 1 N–H and O–H groups in total. The van der Waals surface area contributed by atoms with Gasteiger partial charge in [-0.25, -0.2) is 0 Å². The highest BCUT2D eigenvalue weighted by atomic mass is 16.1. The van der Waals surface area contributed by atoms with Gasteiger partial charge in [-0.05, 0) is 18.1 Å². The predicted molar refractivity (Wildman–Crippen MR) is 48.9 cm³/mol. The van der Waals surface area contributed by atoms with Gasteiger partial charge in [0, 0.05) is 5.56 Å². The molecule has 0 aliphatic heterocycles. The smallest absolute Gasteiger partial charge is 0.264 e. The number of hydrogen-bond acceptors (Lipinski definition) is 2. The average molecular weight is 174 g/mol. The van der Waals surface area contributed by atoms with Crippen molar-refractivity contribution in [2.24, 2.45) is 0 Å². The molecule has 0 atom stereocenters. The van der Waals surface area contributed by atoms with Crippen LogP contribution in [-0.4, -0.2) is 5.91 Å². The van der Waals surface area contributed by atoms with E-state index in [-0.39, 0.29) is 5.91 Å². The van der Waals surface area contributed by atoms with E-state index < -0.39 is 0 Å². The van der Waals surface area contributed by atoms with E-state index in [1.54, 1.807) is 18.3 Å². The fourth-order valence-electron chi connectivity index (χ4n) is 1.17. The lowest BCUT2D eigenvalue weighted by Gasteiger charge is -2.03. The van der Waals surface area contributed by atoms with Gasteiger partial charge >= 0.3 is 0 Å². The highest BCUT2D eigenvalue weighted by Gasteiger charge is 2.07. The molecular formula is C10H10N2O. The van der Waals surface area contributed by atoms with Crippen LogP contribution in [0.2, 0.25) is 0 Å². The molecule has 0 saturated heterocycles. The Labute approximate surface area is 77.0 Å². The Bertz CT molecular complexity index is 352. The van der Waals surface area contributed by atoms with Gasteiger partial charge in [0.1, 0.15) is 0 Å². The van der Waals surface area contributed by atoms with Gasteiger partial charge in [-0.3, -0.25) is 10.1 Å². The number of amides is 1. The zero-order valence-corrected chi connectivity index (χ0v) is 7.37. The average Bonchev–Trinajstić information content (AvgIpc) is 2.18. The lowest BCUT2D eigenvalue weighted by molar-refractivity contribution is 0.0972. The highest BCUT2D eigenvalue weighted by Crippen LogP contribution is 2.08. The summed E-state index contributed by atoms with van der Waals surface area (Å²) >= 11 is 0. The van der Waals surface area contributed by atoms with Crippen LogP contribution in [0.15, 0.2) is 24.3 Å². The molecule has 0 spiro atoms. The molecule has 66 valence electrons. The van der Waals surface area contributed by atoms with Crippen LogP contribution in [0.5, 0.6) is 0 Å². The van der Waals surface area contributed by atoms with E-state index in [1.165, 1.54) is 0 Å². The molecule has 0 fully saturated rings. The Hall–Kier alpha value is -1.82. The van der Waals surface area contributed by atoms with E-state index in [0.717, 1.165) is 12.0 Å². The molecule has 3 heteroatoms. The SMILES string of the molecule is CCc1ccccc1C(=O)NC#N. The largest absolute Gasteiger partial charge is 0.268 e. The fraction of sp³-hybridized carbons (Fsp3) is 0.200. The monoisotopic (exact) mass is 174 g/mol. The number of hydrogen-bond donors (Lipinski definition) is 1. The van der Waals surface area contributed by atoms with Crippen molar-refractivity contribution >= 4 is 5.91 Å². The second kappa shape index (κ2) is 4.27. The van der Waals surface area contributed by atoms with Gasteiger partial charge in [0.05, 0.1) is 0 Å².